The fourth-order valence-corrected chi connectivity index (χ4v) is 1.62. The Morgan fingerprint density at radius 3 is 2.15 bits per heavy atom. The average Bonchev–Trinajstić information content (AvgIpc) is 2.04. The van der Waals surface area contributed by atoms with Gasteiger partial charge < -0.3 is 0 Å². The van der Waals surface area contributed by atoms with Gasteiger partial charge in [0.1, 0.15) is 0 Å². The Hall–Kier alpha value is -0.300. The Bertz CT molecular complexity index is 170. The van der Waals surface area contributed by atoms with Crippen LogP contribution < -0.4 is 0 Å². The summed E-state index contributed by atoms with van der Waals surface area (Å²) in [5, 5.41) is 0. The zero-order valence-electron chi connectivity index (χ0n) is 9.40. The lowest BCUT2D eigenvalue weighted by molar-refractivity contribution is 0.234. The van der Waals surface area contributed by atoms with E-state index in [4.69, 9.17) is 0 Å². The Kier molecular flexibility index (Phi) is 3.55. The number of hydrogen-bond acceptors (Lipinski definition) is 1. The lowest BCUT2D eigenvalue weighted by atomic mass is 9.87. The molecule has 0 aromatic rings. The zero-order chi connectivity index (χ0) is 9.90. The molecule has 0 atom stereocenters. The molecule has 0 bridgehead atoms. The van der Waals surface area contributed by atoms with Gasteiger partial charge in [-0.05, 0) is 31.3 Å². The summed E-state index contributed by atoms with van der Waals surface area (Å²) in [6, 6.07) is 0. The lowest BCUT2D eigenvalue weighted by Crippen LogP contribution is -2.33. The largest absolute Gasteiger partial charge is 0.299 e. The van der Waals surface area contributed by atoms with Crippen LogP contribution in [0.15, 0.2) is 12.2 Å². The van der Waals surface area contributed by atoms with Gasteiger partial charge in [0.25, 0.3) is 0 Å². The minimum atomic E-state index is 0.275. The molecule has 1 heteroatoms. The first-order valence-electron chi connectivity index (χ1n) is 5.41. The zero-order valence-corrected chi connectivity index (χ0v) is 9.40. The third-order valence-electron chi connectivity index (χ3n) is 2.92. The van der Waals surface area contributed by atoms with Gasteiger partial charge >= 0.3 is 0 Å². The van der Waals surface area contributed by atoms with Crippen LogP contribution >= 0.6 is 0 Å². The van der Waals surface area contributed by atoms with E-state index in [9.17, 15) is 0 Å². The molecule has 1 aliphatic heterocycles. The second-order valence-electron chi connectivity index (χ2n) is 5.19. The normalized spacial score (nSPS) is 20.2. The van der Waals surface area contributed by atoms with Crippen LogP contribution in [0, 0.1) is 5.41 Å². The second kappa shape index (κ2) is 4.28. The quantitative estimate of drug-likeness (QED) is 0.592. The van der Waals surface area contributed by atoms with Crippen LogP contribution in [0.4, 0.5) is 0 Å². The highest BCUT2D eigenvalue weighted by Gasteiger charge is 2.18. The van der Waals surface area contributed by atoms with Crippen LogP contribution in [-0.2, 0) is 0 Å². The van der Waals surface area contributed by atoms with Crippen molar-refractivity contribution < 1.29 is 0 Å². The average molecular weight is 181 g/mol. The van der Waals surface area contributed by atoms with E-state index in [1.54, 1.807) is 0 Å². The third kappa shape index (κ3) is 3.51. The number of hydrogen-bond donors (Lipinski definition) is 0. The lowest BCUT2D eigenvalue weighted by Gasteiger charge is -2.31. The molecule has 1 nitrogen and oxygen atoms in total. The van der Waals surface area contributed by atoms with Gasteiger partial charge in [-0.2, -0.15) is 0 Å². The van der Waals surface area contributed by atoms with Crippen LogP contribution in [0.1, 0.15) is 40.0 Å². The van der Waals surface area contributed by atoms with E-state index in [1.165, 1.54) is 37.9 Å². The summed E-state index contributed by atoms with van der Waals surface area (Å²) in [6.45, 7) is 14.6. The maximum atomic E-state index is 4.18. The number of nitrogens with zero attached hydrogens (tertiary/aromatic N) is 1. The molecule has 0 radical (unpaired) electrons. The second-order valence-corrected chi connectivity index (χ2v) is 5.19. The van der Waals surface area contributed by atoms with Crippen molar-refractivity contribution in [3.05, 3.63) is 12.2 Å². The Morgan fingerprint density at radius 1 is 1.15 bits per heavy atom. The topological polar surface area (TPSA) is 3.24 Å². The molecule has 1 rings (SSSR count). The molecule has 0 unspecified atom stereocenters. The van der Waals surface area contributed by atoms with E-state index in [0.717, 1.165) is 6.54 Å². The molecular formula is C12H23N. The fraction of sp³-hybridized carbons (Fsp3) is 0.833. The van der Waals surface area contributed by atoms with Crippen molar-refractivity contribution in [3.8, 4) is 0 Å². The summed E-state index contributed by atoms with van der Waals surface area (Å²) in [5.74, 6) is 0. The molecule has 0 aliphatic carbocycles. The molecule has 0 amide bonds. The molecule has 1 fully saturated rings. The number of rotatable bonds is 2. The summed E-state index contributed by atoms with van der Waals surface area (Å²) in [7, 11) is 0. The van der Waals surface area contributed by atoms with Gasteiger partial charge in [-0.25, -0.2) is 0 Å². The molecule has 0 saturated carbocycles. The molecule has 0 aromatic carbocycles. The first kappa shape index (κ1) is 10.8. The van der Waals surface area contributed by atoms with Crippen molar-refractivity contribution in [3.63, 3.8) is 0 Å². The van der Waals surface area contributed by atoms with Crippen molar-refractivity contribution in [2.75, 3.05) is 19.6 Å². The molecule has 0 spiro atoms. The number of piperidine rings is 1. The van der Waals surface area contributed by atoms with Crippen LogP contribution in [0.2, 0.25) is 0 Å². The highest BCUT2D eigenvalue weighted by atomic mass is 15.1. The van der Waals surface area contributed by atoms with E-state index in [2.05, 4.69) is 32.3 Å². The molecule has 13 heavy (non-hydrogen) atoms. The maximum Gasteiger partial charge on any atom is 0.0195 e. The van der Waals surface area contributed by atoms with Crippen LogP contribution in [0.25, 0.3) is 0 Å². The molecule has 0 N–H and O–H groups in total. The highest BCUT2D eigenvalue weighted by Crippen LogP contribution is 2.25. The fourth-order valence-electron chi connectivity index (χ4n) is 1.62. The van der Waals surface area contributed by atoms with Crippen molar-refractivity contribution in [2.24, 2.45) is 5.41 Å². The Labute approximate surface area is 82.8 Å². The smallest absolute Gasteiger partial charge is 0.0195 e. The summed E-state index contributed by atoms with van der Waals surface area (Å²) in [4.78, 5) is 2.54. The molecule has 1 saturated heterocycles. The van der Waals surface area contributed by atoms with Gasteiger partial charge in [0.05, 0.1) is 0 Å². The van der Waals surface area contributed by atoms with Gasteiger partial charge in [-0.1, -0.05) is 39.3 Å². The third-order valence-corrected chi connectivity index (χ3v) is 2.92. The van der Waals surface area contributed by atoms with E-state index in [-0.39, 0.29) is 5.41 Å². The summed E-state index contributed by atoms with van der Waals surface area (Å²) in [6.07, 6.45) is 4.16. The van der Waals surface area contributed by atoms with Gasteiger partial charge in [0, 0.05) is 6.54 Å². The maximum absolute atomic E-state index is 4.18. The monoisotopic (exact) mass is 181 g/mol. The SMILES string of the molecule is C=C(CN1CCCCC1)C(C)(C)C. The molecular weight excluding hydrogens is 158 g/mol. The van der Waals surface area contributed by atoms with E-state index >= 15 is 0 Å². The van der Waals surface area contributed by atoms with E-state index in [1.807, 2.05) is 0 Å². The Balaban J connectivity index is 2.35. The van der Waals surface area contributed by atoms with Crippen LogP contribution in [-0.4, -0.2) is 24.5 Å². The van der Waals surface area contributed by atoms with E-state index in [0.29, 0.717) is 0 Å². The highest BCUT2D eigenvalue weighted by molar-refractivity contribution is 5.07. The molecule has 0 aromatic heterocycles. The minimum absolute atomic E-state index is 0.275. The molecule has 1 aliphatic rings. The predicted molar refractivity (Wildman–Crippen MR) is 58.9 cm³/mol. The summed E-state index contributed by atoms with van der Waals surface area (Å²) >= 11 is 0. The molecule has 76 valence electrons. The van der Waals surface area contributed by atoms with Crippen molar-refractivity contribution in [2.45, 2.75) is 40.0 Å². The minimum Gasteiger partial charge on any atom is -0.299 e. The van der Waals surface area contributed by atoms with Crippen molar-refractivity contribution in [1.29, 1.82) is 0 Å². The van der Waals surface area contributed by atoms with Crippen LogP contribution in [0.3, 0.4) is 0 Å². The summed E-state index contributed by atoms with van der Waals surface area (Å²) < 4.78 is 0. The predicted octanol–water partition coefficient (Wildman–Crippen LogP) is 3.07. The van der Waals surface area contributed by atoms with Gasteiger partial charge in [-0.15, -0.1) is 0 Å². The number of likely N-dealkylation sites (tertiary alicyclic amines) is 1. The first-order chi connectivity index (χ1) is 6.00. The van der Waals surface area contributed by atoms with Crippen LogP contribution in [0.5, 0.6) is 0 Å². The molecule has 1 heterocycles. The Morgan fingerprint density at radius 2 is 1.69 bits per heavy atom. The van der Waals surface area contributed by atoms with Crippen molar-refractivity contribution in [1.82, 2.24) is 4.90 Å². The van der Waals surface area contributed by atoms with Gasteiger partial charge in [-0.3, -0.25) is 4.90 Å². The van der Waals surface area contributed by atoms with Gasteiger partial charge in [0.2, 0.25) is 0 Å². The van der Waals surface area contributed by atoms with Crippen molar-refractivity contribution >= 4 is 0 Å². The van der Waals surface area contributed by atoms with E-state index < -0.39 is 0 Å². The van der Waals surface area contributed by atoms with Gasteiger partial charge in [0.15, 0.2) is 0 Å². The first-order valence-corrected chi connectivity index (χ1v) is 5.41. The standard InChI is InChI=1S/C12H23N/c1-11(12(2,3)4)10-13-8-6-5-7-9-13/h1,5-10H2,2-4H3. The summed E-state index contributed by atoms with van der Waals surface area (Å²) in [5.41, 5.74) is 1.65.